The first-order chi connectivity index (χ1) is 15.8. The largest absolute Gasteiger partial charge is 0.484 e. The summed E-state index contributed by atoms with van der Waals surface area (Å²) >= 11 is 0. The maximum Gasteiger partial charge on any atom is 0.422 e. The molecule has 10 heteroatoms. The normalized spacial score (nSPS) is 20.9. The van der Waals surface area contributed by atoms with E-state index in [0.717, 1.165) is 11.1 Å². The lowest BCUT2D eigenvalue weighted by Gasteiger charge is -2.42. The van der Waals surface area contributed by atoms with Crippen LogP contribution in [0.25, 0.3) is 22.5 Å². The summed E-state index contributed by atoms with van der Waals surface area (Å²) in [5.74, 6) is 0.374. The van der Waals surface area contributed by atoms with Gasteiger partial charge in [-0.3, -0.25) is 0 Å². The fourth-order valence-electron chi connectivity index (χ4n) is 4.20. The Bertz CT molecular complexity index is 1190. The third-order valence-corrected chi connectivity index (χ3v) is 6.19. The molecule has 4 rings (SSSR count). The number of aliphatic hydroxyl groups is 1. The molecule has 1 aromatic carbocycles. The fourth-order valence-corrected chi connectivity index (χ4v) is 4.20. The highest BCUT2D eigenvalue weighted by atomic mass is 19.4. The Morgan fingerprint density at radius 1 is 1.18 bits per heavy atom. The van der Waals surface area contributed by atoms with E-state index in [-0.39, 0.29) is 23.7 Å². The van der Waals surface area contributed by atoms with Gasteiger partial charge in [-0.1, -0.05) is 32.8 Å². The van der Waals surface area contributed by atoms with Crippen LogP contribution in [0.3, 0.4) is 0 Å². The number of rotatable bonds is 6. The van der Waals surface area contributed by atoms with Crippen molar-refractivity contribution in [3.05, 3.63) is 29.3 Å². The molecule has 7 nitrogen and oxygen atoms in total. The zero-order chi connectivity index (χ0) is 24.9. The number of aromatic nitrogens is 3. The average molecular weight is 479 g/mol. The zero-order valence-electron chi connectivity index (χ0n) is 19.9. The number of ether oxygens (including phenoxy) is 1. The number of alkyl halides is 3. The van der Waals surface area contributed by atoms with Gasteiger partial charge in [-0.25, -0.2) is 4.98 Å². The van der Waals surface area contributed by atoms with Crippen molar-refractivity contribution in [1.82, 2.24) is 15.2 Å². The Labute approximate surface area is 195 Å². The van der Waals surface area contributed by atoms with Crippen molar-refractivity contribution >= 4 is 16.9 Å². The van der Waals surface area contributed by atoms with Crippen LogP contribution in [0.1, 0.15) is 58.1 Å². The van der Waals surface area contributed by atoms with Crippen LogP contribution in [0.5, 0.6) is 5.75 Å². The standard InChI is InChI=1S/C24H29F3N4O3/c1-6-23(32)10-14(11-23)28-21-31-30-20(34-21)18-7-13(2)16-8-15(33-12-24(25,26)27)9-17(19(16)29-18)22(3,4)5/h7-9,14,32H,6,10-12H2,1-5H3,(H,28,31). The maximum atomic E-state index is 12.7. The quantitative estimate of drug-likeness (QED) is 0.480. The molecule has 0 spiro atoms. The predicted octanol–water partition coefficient (Wildman–Crippen LogP) is 5.55. The van der Waals surface area contributed by atoms with Gasteiger partial charge in [-0.2, -0.15) is 13.2 Å². The molecule has 2 aromatic heterocycles. The number of aryl methyl sites for hydroxylation is 1. The lowest BCUT2D eigenvalue weighted by atomic mass is 9.74. The van der Waals surface area contributed by atoms with Gasteiger partial charge < -0.3 is 19.6 Å². The summed E-state index contributed by atoms with van der Waals surface area (Å²) in [6.07, 6.45) is -2.50. The molecule has 1 aliphatic rings. The Hall–Kier alpha value is -2.88. The molecule has 3 aromatic rings. The summed E-state index contributed by atoms with van der Waals surface area (Å²) in [7, 11) is 0. The molecule has 2 N–H and O–H groups in total. The van der Waals surface area contributed by atoms with Crippen molar-refractivity contribution in [3.8, 4) is 17.3 Å². The van der Waals surface area contributed by atoms with Gasteiger partial charge in [0.2, 0.25) is 0 Å². The Morgan fingerprint density at radius 3 is 2.50 bits per heavy atom. The lowest BCUT2D eigenvalue weighted by molar-refractivity contribution is -0.153. The summed E-state index contributed by atoms with van der Waals surface area (Å²) < 4.78 is 48.9. The van der Waals surface area contributed by atoms with Gasteiger partial charge in [0.25, 0.3) is 5.89 Å². The summed E-state index contributed by atoms with van der Waals surface area (Å²) in [6.45, 7) is 8.33. The molecule has 184 valence electrons. The number of benzene rings is 1. The molecule has 34 heavy (non-hydrogen) atoms. The second-order valence-corrected chi connectivity index (χ2v) is 10.1. The molecule has 2 heterocycles. The summed E-state index contributed by atoms with van der Waals surface area (Å²) in [6, 6.07) is 5.26. The van der Waals surface area contributed by atoms with Crippen molar-refractivity contribution in [2.45, 2.75) is 77.1 Å². The topological polar surface area (TPSA) is 93.3 Å². The van der Waals surface area contributed by atoms with Crippen molar-refractivity contribution in [2.24, 2.45) is 0 Å². The number of hydrogen-bond acceptors (Lipinski definition) is 7. The minimum atomic E-state index is -4.42. The molecule has 0 amide bonds. The van der Waals surface area contributed by atoms with Crippen LogP contribution in [0.4, 0.5) is 19.2 Å². The van der Waals surface area contributed by atoms with Gasteiger partial charge in [0.1, 0.15) is 11.4 Å². The van der Waals surface area contributed by atoms with Crippen LogP contribution in [-0.2, 0) is 5.41 Å². The van der Waals surface area contributed by atoms with Gasteiger partial charge in [0.15, 0.2) is 6.61 Å². The fraction of sp³-hybridized carbons (Fsp3) is 0.542. The highest BCUT2D eigenvalue weighted by molar-refractivity contribution is 5.89. The number of anilines is 1. The van der Waals surface area contributed by atoms with E-state index in [1.54, 1.807) is 18.2 Å². The first-order valence-corrected chi connectivity index (χ1v) is 11.2. The highest BCUT2D eigenvalue weighted by Crippen LogP contribution is 2.38. The highest BCUT2D eigenvalue weighted by Gasteiger charge is 2.41. The molecule has 0 bridgehead atoms. The van der Waals surface area contributed by atoms with Gasteiger partial charge >= 0.3 is 12.2 Å². The van der Waals surface area contributed by atoms with Crippen molar-refractivity contribution < 1.29 is 27.4 Å². The van der Waals surface area contributed by atoms with Gasteiger partial charge in [0.05, 0.1) is 11.1 Å². The molecule has 1 saturated carbocycles. The molecular weight excluding hydrogens is 449 g/mol. The van der Waals surface area contributed by atoms with Crippen LogP contribution >= 0.6 is 0 Å². The minimum absolute atomic E-state index is 0.0622. The van der Waals surface area contributed by atoms with Crippen LogP contribution in [0, 0.1) is 6.92 Å². The van der Waals surface area contributed by atoms with E-state index < -0.39 is 23.8 Å². The number of pyridine rings is 1. The third kappa shape index (κ3) is 5.11. The monoisotopic (exact) mass is 478 g/mol. The molecule has 0 atom stereocenters. The molecule has 1 fully saturated rings. The Balaban J connectivity index is 1.66. The molecular formula is C24H29F3N4O3. The number of nitrogens with one attached hydrogen (secondary N) is 1. The van der Waals surface area contributed by atoms with Gasteiger partial charge in [0, 0.05) is 11.4 Å². The van der Waals surface area contributed by atoms with Crippen molar-refractivity contribution in [3.63, 3.8) is 0 Å². The van der Waals surface area contributed by atoms with E-state index in [1.165, 1.54) is 0 Å². The number of fused-ring (bicyclic) bond motifs is 1. The summed E-state index contributed by atoms with van der Waals surface area (Å²) in [4.78, 5) is 4.74. The maximum absolute atomic E-state index is 12.7. The average Bonchev–Trinajstić information content (AvgIpc) is 3.18. The van der Waals surface area contributed by atoms with E-state index in [1.807, 2.05) is 34.6 Å². The molecule has 0 radical (unpaired) electrons. The van der Waals surface area contributed by atoms with Crippen LogP contribution in [0.15, 0.2) is 22.6 Å². The minimum Gasteiger partial charge on any atom is -0.484 e. The first-order valence-electron chi connectivity index (χ1n) is 11.2. The molecule has 1 aliphatic carbocycles. The van der Waals surface area contributed by atoms with E-state index >= 15 is 0 Å². The van der Waals surface area contributed by atoms with Gasteiger partial charge in [-0.05, 0) is 60.9 Å². The number of hydrogen-bond donors (Lipinski definition) is 2. The van der Waals surface area contributed by atoms with Crippen molar-refractivity contribution in [1.29, 1.82) is 0 Å². The van der Waals surface area contributed by atoms with E-state index in [4.69, 9.17) is 14.1 Å². The van der Waals surface area contributed by atoms with E-state index in [9.17, 15) is 18.3 Å². The van der Waals surface area contributed by atoms with E-state index in [0.29, 0.717) is 35.9 Å². The lowest BCUT2D eigenvalue weighted by Crippen LogP contribution is -2.50. The van der Waals surface area contributed by atoms with Crippen LogP contribution < -0.4 is 10.1 Å². The Kier molecular flexibility index (Phi) is 6.00. The smallest absolute Gasteiger partial charge is 0.422 e. The number of halogens is 3. The van der Waals surface area contributed by atoms with Gasteiger partial charge in [-0.15, -0.1) is 5.10 Å². The summed E-state index contributed by atoms with van der Waals surface area (Å²) in [5, 5.41) is 22.2. The van der Waals surface area contributed by atoms with Crippen LogP contribution in [0.2, 0.25) is 0 Å². The summed E-state index contributed by atoms with van der Waals surface area (Å²) in [5.41, 5.74) is 1.61. The second kappa shape index (κ2) is 8.41. The molecule has 0 saturated heterocycles. The molecule has 0 unspecified atom stereocenters. The van der Waals surface area contributed by atoms with E-state index in [2.05, 4.69) is 15.5 Å². The molecule has 0 aliphatic heterocycles. The predicted molar refractivity (Wildman–Crippen MR) is 122 cm³/mol. The SMILES string of the molecule is CCC1(O)CC(Nc2nnc(-c3cc(C)c4cc(OCC(F)(F)F)cc(C(C)(C)C)c4n3)o2)C1. The second-order valence-electron chi connectivity index (χ2n) is 10.1. The zero-order valence-corrected chi connectivity index (χ0v) is 19.9. The number of nitrogens with zero attached hydrogens (tertiary/aromatic N) is 3. The Morgan fingerprint density at radius 2 is 1.88 bits per heavy atom. The van der Waals surface area contributed by atoms with Crippen LogP contribution in [-0.4, -0.2) is 44.7 Å². The third-order valence-electron chi connectivity index (χ3n) is 6.19. The first kappa shape index (κ1) is 24.3. The van der Waals surface area contributed by atoms with Crippen molar-refractivity contribution in [2.75, 3.05) is 11.9 Å².